The molecule has 2 aromatic heterocycles. The van der Waals surface area contributed by atoms with E-state index in [2.05, 4.69) is 15.0 Å². The van der Waals surface area contributed by atoms with E-state index in [1.54, 1.807) is 18.3 Å². The fourth-order valence-corrected chi connectivity index (χ4v) is 1.55. The van der Waals surface area contributed by atoms with E-state index in [1.165, 1.54) is 6.92 Å². The fraction of sp³-hybridized carbons (Fsp3) is 0.462. The van der Waals surface area contributed by atoms with Crippen LogP contribution in [0.3, 0.4) is 0 Å². The van der Waals surface area contributed by atoms with Gasteiger partial charge in [-0.25, -0.2) is 9.37 Å². The van der Waals surface area contributed by atoms with Gasteiger partial charge < -0.3 is 16.6 Å². The molecular weight excluding hydrogens is 261 g/mol. The SMILES string of the molecule is CC(F)CCCCO.Nc1nc(N)c2ncccc2n1. The third-order valence-electron chi connectivity index (χ3n) is 2.51. The molecule has 2 heterocycles. The number of hydrogen-bond acceptors (Lipinski definition) is 6. The van der Waals surface area contributed by atoms with Gasteiger partial charge in [0.2, 0.25) is 5.95 Å². The summed E-state index contributed by atoms with van der Waals surface area (Å²) in [6, 6.07) is 3.56. The molecule has 0 saturated heterocycles. The van der Waals surface area contributed by atoms with Gasteiger partial charge in [0.15, 0.2) is 5.82 Å². The Kier molecular flexibility index (Phi) is 6.58. The molecule has 0 aliphatic carbocycles. The topological polar surface area (TPSA) is 111 Å². The monoisotopic (exact) mass is 281 g/mol. The largest absolute Gasteiger partial charge is 0.396 e. The van der Waals surface area contributed by atoms with Gasteiger partial charge in [0.1, 0.15) is 5.52 Å². The second kappa shape index (κ2) is 8.21. The van der Waals surface area contributed by atoms with E-state index in [0.29, 0.717) is 23.3 Å². The summed E-state index contributed by atoms with van der Waals surface area (Å²) in [5, 5.41) is 8.26. The Labute approximate surface area is 117 Å². The zero-order valence-corrected chi connectivity index (χ0v) is 11.5. The van der Waals surface area contributed by atoms with Crippen molar-refractivity contribution in [1.29, 1.82) is 0 Å². The van der Waals surface area contributed by atoms with Gasteiger partial charge in [0, 0.05) is 12.8 Å². The van der Waals surface area contributed by atoms with E-state index in [9.17, 15) is 4.39 Å². The number of fused-ring (bicyclic) bond motifs is 1. The van der Waals surface area contributed by atoms with Crippen molar-refractivity contribution in [1.82, 2.24) is 15.0 Å². The molecular formula is C13H20FN5O. The highest BCUT2D eigenvalue weighted by Crippen LogP contribution is 2.14. The van der Waals surface area contributed by atoms with Crippen LogP contribution in [0.15, 0.2) is 18.3 Å². The third kappa shape index (κ3) is 5.31. The molecule has 0 bridgehead atoms. The van der Waals surface area contributed by atoms with Crippen LogP contribution in [-0.4, -0.2) is 32.8 Å². The van der Waals surface area contributed by atoms with Gasteiger partial charge in [-0.05, 0) is 38.3 Å². The maximum absolute atomic E-state index is 11.9. The molecule has 6 nitrogen and oxygen atoms in total. The first-order valence-electron chi connectivity index (χ1n) is 6.43. The summed E-state index contributed by atoms with van der Waals surface area (Å²) in [5.74, 6) is 0.492. The van der Waals surface area contributed by atoms with Crippen LogP contribution in [0.4, 0.5) is 16.2 Å². The summed E-state index contributed by atoms with van der Waals surface area (Å²) >= 11 is 0. The predicted octanol–water partition coefficient (Wildman–Crippen LogP) is 1.70. The van der Waals surface area contributed by atoms with Gasteiger partial charge in [-0.15, -0.1) is 0 Å². The average Bonchev–Trinajstić information content (AvgIpc) is 2.39. The molecule has 0 aliphatic rings. The molecule has 0 aliphatic heterocycles. The highest BCUT2D eigenvalue weighted by atomic mass is 19.1. The van der Waals surface area contributed by atoms with E-state index in [1.807, 2.05) is 0 Å². The van der Waals surface area contributed by atoms with Crippen molar-refractivity contribution in [3.8, 4) is 0 Å². The number of unbranched alkanes of at least 4 members (excludes halogenated alkanes) is 1. The normalized spacial score (nSPS) is 11.8. The summed E-state index contributed by atoms with van der Waals surface area (Å²) in [7, 11) is 0. The number of halogens is 1. The van der Waals surface area contributed by atoms with Crippen LogP contribution in [0.25, 0.3) is 11.0 Å². The smallest absolute Gasteiger partial charge is 0.222 e. The Balaban J connectivity index is 0.000000221. The molecule has 0 aromatic carbocycles. The quantitative estimate of drug-likeness (QED) is 0.735. The second-order valence-electron chi connectivity index (χ2n) is 4.34. The Bertz CT molecular complexity index is 535. The number of rotatable bonds is 4. The van der Waals surface area contributed by atoms with Gasteiger partial charge >= 0.3 is 0 Å². The number of nitrogens with zero attached hydrogens (tertiary/aromatic N) is 3. The first-order valence-corrected chi connectivity index (χ1v) is 6.43. The Morgan fingerprint density at radius 3 is 2.70 bits per heavy atom. The maximum atomic E-state index is 11.9. The molecule has 2 rings (SSSR count). The molecule has 0 spiro atoms. The van der Waals surface area contributed by atoms with Gasteiger partial charge in [0.25, 0.3) is 0 Å². The molecule has 0 amide bonds. The zero-order chi connectivity index (χ0) is 15.0. The van der Waals surface area contributed by atoms with Crippen molar-refractivity contribution in [3.63, 3.8) is 0 Å². The summed E-state index contributed by atoms with van der Waals surface area (Å²) in [6.45, 7) is 1.73. The molecule has 0 radical (unpaired) electrons. The number of anilines is 2. The van der Waals surface area contributed by atoms with Crippen LogP contribution < -0.4 is 11.5 Å². The molecule has 20 heavy (non-hydrogen) atoms. The molecule has 1 unspecified atom stereocenters. The molecule has 2 aromatic rings. The van der Waals surface area contributed by atoms with E-state index in [-0.39, 0.29) is 12.6 Å². The highest BCUT2D eigenvalue weighted by Gasteiger charge is 2.01. The maximum Gasteiger partial charge on any atom is 0.222 e. The van der Waals surface area contributed by atoms with Crippen LogP contribution in [0.5, 0.6) is 0 Å². The Morgan fingerprint density at radius 1 is 1.30 bits per heavy atom. The van der Waals surface area contributed by atoms with Crippen molar-refractivity contribution >= 4 is 22.8 Å². The van der Waals surface area contributed by atoms with Gasteiger partial charge in [0.05, 0.1) is 11.7 Å². The first kappa shape index (κ1) is 16.0. The van der Waals surface area contributed by atoms with Crippen LogP contribution in [-0.2, 0) is 0 Å². The van der Waals surface area contributed by atoms with Crippen molar-refractivity contribution in [2.45, 2.75) is 32.4 Å². The third-order valence-corrected chi connectivity index (χ3v) is 2.51. The Hall–Kier alpha value is -2.02. The van der Waals surface area contributed by atoms with Crippen molar-refractivity contribution < 1.29 is 9.50 Å². The molecule has 5 N–H and O–H groups in total. The number of aliphatic hydroxyl groups excluding tert-OH is 1. The number of hydrogen-bond donors (Lipinski definition) is 3. The summed E-state index contributed by atoms with van der Waals surface area (Å²) in [6.07, 6.45) is 3.04. The standard InChI is InChI=1S/C7H7N5.C6H13FO/c8-6-5-4(2-1-3-10-5)11-7(9)12-6;1-6(7)4-2-3-5-8/h1-3H,(H4,8,9,11,12);6,8H,2-5H2,1H3. The van der Waals surface area contributed by atoms with Crippen LogP contribution >= 0.6 is 0 Å². The highest BCUT2D eigenvalue weighted by molar-refractivity contribution is 5.84. The molecule has 0 saturated carbocycles. The fourth-order valence-electron chi connectivity index (χ4n) is 1.55. The summed E-state index contributed by atoms with van der Waals surface area (Å²) in [5.41, 5.74) is 12.2. The van der Waals surface area contributed by atoms with Crippen molar-refractivity contribution in [3.05, 3.63) is 18.3 Å². The average molecular weight is 281 g/mol. The lowest BCUT2D eigenvalue weighted by atomic mass is 10.2. The van der Waals surface area contributed by atoms with Crippen LogP contribution in [0.1, 0.15) is 26.2 Å². The minimum Gasteiger partial charge on any atom is -0.396 e. The molecule has 110 valence electrons. The number of nitrogens with two attached hydrogens (primary N) is 2. The van der Waals surface area contributed by atoms with E-state index >= 15 is 0 Å². The summed E-state index contributed by atoms with van der Waals surface area (Å²) < 4.78 is 11.9. The van der Waals surface area contributed by atoms with E-state index < -0.39 is 6.17 Å². The number of alkyl halides is 1. The Morgan fingerprint density at radius 2 is 2.05 bits per heavy atom. The molecule has 1 atom stereocenters. The zero-order valence-electron chi connectivity index (χ0n) is 11.5. The summed E-state index contributed by atoms with van der Waals surface area (Å²) in [4.78, 5) is 11.8. The van der Waals surface area contributed by atoms with Crippen LogP contribution in [0.2, 0.25) is 0 Å². The predicted molar refractivity (Wildman–Crippen MR) is 77.7 cm³/mol. The second-order valence-corrected chi connectivity index (χ2v) is 4.34. The van der Waals surface area contributed by atoms with Crippen molar-refractivity contribution in [2.24, 2.45) is 0 Å². The first-order chi connectivity index (χ1) is 9.54. The number of aliphatic hydroxyl groups is 1. The van der Waals surface area contributed by atoms with Gasteiger partial charge in [-0.2, -0.15) is 4.98 Å². The molecule has 0 fully saturated rings. The lowest BCUT2D eigenvalue weighted by molar-refractivity contribution is 0.267. The number of pyridine rings is 1. The number of nitrogen functional groups attached to an aromatic ring is 2. The van der Waals surface area contributed by atoms with Gasteiger partial charge in [-0.1, -0.05) is 0 Å². The minimum absolute atomic E-state index is 0.174. The lowest BCUT2D eigenvalue weighted by Crippen LogP contribution is -2.01. The lowest BCUT2D eigenvalue weighted by Gasteiger charge is -1.99. The number of aromatic nitrogens is 3. The van der Waals surface area contributed by atoms with E-state index in [0.717, 1.165) is 12.8 Å². The van der Waals surface area contributed by atoms with Gasteiger partial charge in [-0.3, -0.25) is 4.98 Å². The molecule has 7 heteroatoms. The van der Waals surface area contributed by atoms with E-state index in [4.69, 9.17) is 16.6 Å². The van der Waals surface area contributed by atoms with Crippen molar-refractivity contribution in [2.75, 3.05) is 18.1 Å². The minimum atomic E-state index is -0.707. The van der Waals surface area contributed by atoms with Crippen LogP contribution in [0, 0.1) is 0 Å².